The lowest BCUT2D eigenvalue weighted by Gasteiger charge is -2.05. The second-order valence-electron chi connectivity index (χ2n) is 4.71. The summed E-state index contributed by atoms with van der Waals surface area (Å²) < 4.78 is 19.5. The molecule has 0 aliphatic carbocycles. The number of rotatable bonds is 3. The first-order valence-electron chi connectivity index (χ1n) is 6.70. The topological polar surface area (TPSA) is 57.0 Å². The van der Waals surface area contributed by atoms with Crippen molar-refractivity contribution in [3.8, 4) is 23.1 Å². The van der Waals surface area contributed by atoms with Crippen LogP contribution in [0.3, 0.4) is 0 Å². The average Bonchev–Trinajstić information content (AvgIpc) is 2.91. The Morgan fingerprint density at radius 2 is 1.78 bits per heavy atom. The number of hydrogen-bond acceptors (Lipinski definition) is 4. The third kappa shape index (κ3) is 3.37. The lowest BCUT2D eigenvalue weighted by Crippen LogP contribution is -2.03. The maximum Gasteiger partial charge on any atom is 0.344 e. The summed E-state index contributed by atoms with van der Waals surface area (Å²) in [5, 5.41) is 4.74. The minimum absolute atomic E-state index is 0.0771. The zero-order valence-corrected chi connectivity index (χ0v) is 12.8. The molecule has 0 aliphatic rings. The Kier molecular flexibility index (Phi) is 4.08. The Hall–Kier alpha value is -2.73. The van der Waals surface area contributed by atoms with E-state index in [4.69, 9.17) is 16.3 Å². The molecular weight excluding hydrogens is 321 g/mol. The number of halogens is 2. The van der Waals surface area contributed by atoms with Crippen molar-refractivity contribution in [3.05, 3.63) is 59.4 Å². The molecule has 3 aromatic rings. The van der Waals surface area contributed by atoms with Gasteiger partial charge in [-0.25, -0.2) is 9.07 Å². The summed E-state index contributed by atoms with van der Waals surface area (Å²) in [5.41, 5.74) is 1.31. The second-order valence-corrected chi connectivity index (χ2v) is 5.14. The van der Waals surface area contributed by atoms with Gasteiger partial charge >= 0.3 is 12.0 Å². The highest BCUT2D eigenvalue weighted by molar-refractivity contribution is 6.30. The minimum atomic E-state index is -0.524. The van der Waals surface area contributed by atoms with Gasteiger partial charge in [-0.1, -0.05) is 11.6 Å². The molecule has 0 amide bonds. The Labute approximate surface area is 136 Å². The third-order valence-electron chi connectivity index (χ3n) is 3.00. The summed E-state index contributed by atoms with van der Waals surface area (Å²) in [6.07, 6.45) is 0. The van der Waals surface area contributed by atoms with E-state index in [2.05, 4.69) is 10.1 Å². The summed E-state index contributed by atoms with van der Waals surface area (Å²) in [7, 11) is 0. The summed E-state index contributed by atoms with van der Waals surface area (Å²) in [6.45, 7) is 1.26. The van der Waals surface area contributed by atoms with E-state index in [9.17, 15) is 9.18 Å². The van der Waals surface area contributed by atoms with Gasteiger partial charge in [0, 0.05) is 17.5 Å². The Morgan fingerprint density at radius 3 is 2.39 bits per heavy atom. The van der Waals surface area contributed by atoms with Crippen LogP contribution in [-0.4, -0.2) is 20.7 Å². The van der Waals surface area contributed by atoms with Gasteiger partial charge in [-0.3, -0.25) is 4.79 Å². The van der Waals surface area contributed by atoms with Crippen LogP contribution in [0, 0.1) is 5.82 Å². The fraction of sp³-hybridized carbons (Fsp3) is 0.0625. The van der Waals surface area contributed by atoms with E-state index < -0.39 is 5.97 Å². The van der Waals surface area contributed by atoms with Crippen molar-refractivity contribution in [1.82, 2.24) is 14.8 Å². The van der Waals surface area contributed by atoms with Crippen LogP contribution in [0.5, 0.6) is 6.01 Å². The number of carbonyl (C=O) groups is 1. The number of hydrogen-bond donors (Lipinski definition) is 0. The summed E-state index contributed by atoms with van der Waals surface area (Å²) in [4.78, 5) is 15.3. The van der Waals surface area contributed by atoms with Crippen molar-refractivity contribution in [3.63, 3.8) is 0 Å². The quantitative estimate of drug-likeness (QED) is 0.687. The van der Waals surface area contributed by atoms with Crippen molar-refractivity contribution in [1.29, 1.82) is 0 Å². The molecule has 0 spiro atoms. The van der Waals surface area contributed by atoms with E-state index in [0.29, 0.717) is 16.5 Å². The number of carbonyl (C=O) groups excluding carboxylic acids is 1. The van der Waals surface area contributed by atoms with Crippen LogP contribution < -0.4 is 4.74 Å². The maximum atomic E-state index is 13.1. The molecule has 3 rings (SSSR count). The molecule has 0 radical (unpaired) electrons. The molecule has 5 nitrogen and oxygen atoms in total. The smallest absolute Gasteiger partial charge is 0.344 e. The molecule has 0 fully saturated rings. The summed E-state index contributed by atoms with van der Waals surface area (Å²) in [6, 6.07) is 12.6. The van der Waals surface area contributed by atoms with Crippen molar-refractivity contribution in [2.24, 2.45) is 0 Å². The van der Waals surface area contributed by atoms with Gasteiger partial charge in [-0.15, -0.1) is 5.10 Å². The van der Waals surface area contributed by atoms with Crippen LogP contribution in [-0.2, 0) is 4.79 Å². The van der Waals surface area contributed by atoms with Gasteiger partial charge in [0.25, 0.3) is 0 Å². The van der Waals surface area contributed by atoms with E-state index in [1.165, 1.54) is 23.7 Å². The first-order valence-corrected chi connectivity index (χ1v) is 7.08. The standard InChI is InChI=1S/C16H11ClFN3O2/c1-10(22)23-16-19-15(11-2-4-12(17)5-3-11)21(20-16)14-8-6-13(18)7-9-14/h2-9H,1H3. The van der Waals surface area contributed by atoms with Crippen LogP contribution in [0.25, 0.3) is 17.1 Å². The van der Waals surface area contributed by atoms with E-state index in [0.717, 1.165) is 5.56 Å². The molecule has 0 atom stereocenters. The Morgan fingerprint density at radius 1 is 1.13 bits per heavy atom. The van der Waals surface area contributed by atoms with Crippen LogP contribution in [0.1, 0.15) is 6.92 Å². The molecule has 0 unspecified atom stereocenters. The average molecular weight is 332 g/mol. The van der Waals surface area contributed by atoms with Gasteiger partial charge in [-0.05, 0) is 48.5 Å². The molecular formula is C16H11ClFN3O2. The van der Waals surface area contributed by atoms with Gasteiger partial charge in [-0.2, -0.15) is 4.98 Å². The van der Waals surface area contributed by atoms with Gasteiger partial charge in [0.05, 0.1) is 5.69 Å². The van der Waals surface area contributed by atoms with Crippen molar-refractivity contribution in [2.45, 2.75) is 6.92 Å². The van der Waals surface area contributed by atoms with E-state index >= 15 is 0 Å². The first kappa shape index (κ1) is 15.2. The van der Waals surface area contributed by atoms with Crippen molar-refractivity contribution < 1.29 is 13.9 Å². The number of ether oxygens (including phenoxy) is 1. The first-order chi connectivity index (χ1) is 11.0. The number of aromatic nitrogens is 3. The Bertz CT molecular complexity index is 782. The highest BCUT2D eigenvalue weighted by Gasteiger charge is 2.16. The summed E-state index contributed by atoms with van der Waals surface area (Å²) in [5.74, 6) is -0.435. The van der Waals surface area contributed by atoms with Gasteiger partial charge < -0.3 is 4.74 Å². The molecule has 0 N–H and O–H groups in total. The highest BCUT2D eigenvalue weighted by Crippen LogP contribution is 2.25. The van der Waals surface area contributed by atoms with E-state index in [1.54, 1.807) is 36.4 Å². The van der Waals surface area contributed by atoms with Crippen molar-refractivity contribution >= 4 is 17.6 Å². The van der Waals surface area contributed by atoms with E-state index in [-0.39, 0.29) is 11.8 Å². The predicted molar refractivity (Wildman–Crippen MR) is 83.1 cm³/mol. The minimum Gasteiger partial charge on any atom is -0.390 e. The molecule has 1 heterocycles. The molecule has 0 saturated heterocycles. The van der Waals surface area contributed by atoms with Crippen LogP contribution in [0.4, 0.5) is 4.39 Å². The van der Waals surface area contributed by atoms with Crippen molar-refractivity contribution in [2.75, 3.05) is 0 Å². The molecule has 23 heavy (non-hydrogen) atoms. The second kappa shape index (κ2) is 6.18. The summed E-state index contributed by atoms with van der Waals surface area (Å²) >= 11 is 5.89. The SMILES string of the molecule is CC(=O)Oc1nc(-c2ccc(Cl)cc2)n(-c2ccc(F)cc2)n1. The zero-order chi connectivity index (χ0) is 16.4. The lowest BCUT2D eigenvalue weighted by atomic mass is 10.2. The van der Waals surface area contributed by atoms with Crippen LogP contribution in [0.15, 0.2) is 48.5 Å². The van der Waals surface area contributed by atoms with Crippen LogP contribution >= 0.6 is 11.6 Å². The fourth-order valence-corrected chi connectivity index (χ4v) is 2.14. The number of nitrogens with zero attached hydrogens (tertiary/aromatic N) is 3. The zero-order valence-electron chi connectivity index (χ0n) is 12.0. The molecule has 0 saturated carbocycles. The monoisotopic (exact) mass is 331 g/mol. The number of esters is 1. The molecule has 1 aromatic heterocycles. The lowest BCUT2D eigenvalue weighted by molar-refractivity contribution is -0.132. The van der Waals surface area contributed by atoms with Gasteiger partial charge in [0.15, 0.2) is 5.82 Å². The maximum absolute atomic E-state index is 13.1. The molecule has 7 heteroatoms. The highest BCUT2D eigenvalue weighted by atomic mass is 35.5. The van der Waals surface area contributed by atoms with E-state index in [1.807, 2.05) is 0 Å². The van der Waals surface area contributed by atoms with Gasteiger partial charge in [0.1, 0.15) is 5.82 Å². The third-order valence-corrected chi connectivity index (χ3v) is 3.25. The molecule has 116 valence electrons. The Balaban J connectivity index is 2.12. The number of benzene rings is 2. The fourth-order valence-electron chi connectivity index (χ4n) is 2.01. The molecule has 2 aromatic carbocycles. The van der Waals surface area contributed by atoms with Gasteiger partial charge in [0.2, 0.25) is 0 Å². The normalized spacial score (nSPS) is 10.6. The van der Waals surface area contributed by atoms with Crippen LogP contribution in [0.2, 0.25) is 5.02 Å². The largest absolute Gasteiger partial charge is 0.390 e. The molecule has 0 aliphatic heterocycles. The molecule has 0 bridgehead atoms. The predicted octanol–water partition coefficient (Wildman–Crippen LogP) is 3.65.